The second kappa shape index (κ2) is 6.71. The first kappa shape index (κ1) is 17.4. The van der Waals surface area contributed by atoms with Crippen molar-refractivity contribution in [3.05, 3.63) is 85.0 Å². The quantitative estimate of drug-likeness (QED) is 0.435. The molecule has 2 atom stereocenters. The molecular formula is C20H13Cl3N2OS. The summed E-state index contributed by atoms with van der Waals surface area (Å²) in [7, 11) is 0. The van der Waals surface area contributed by atoms with Crippen molar-refractivity contribution in [2.24, 2.45) is 5.10 Å². The molecule has 0 aliphatic carbocycles. The Morgan fingerprint density at radius 3 is 2.59 bits per heavy atom. The molecule has 3 heterocycles. The minimum Gasteiger partial charge on any atom is -0.464 e. The zero-order valence-corrected chi connectivity index (χ0v) is 17.0. The molecule has 136 valence electrons. The molecule has 2 aliphatic rings. The predicted molar refractivity (Wildman–Crippen MR) is 111 cm³/mol. The Labute approximate surface area is 175 Å². The van der Waals surface area contributed by atoms with Crippen molar-refractivity contribution in [1.29, 1.82) is 0 Å². The van der Waals surface area contributed by atoms with Crippen LogP contribution in [0.2, 0.25) is 15.1 Å². The lowest BCUT2D eigenvalue weighted by atomic mass is 9.97. The Balaban J connectivity index is 1.64. The van der Waals surface area contributed by atoms with Crippen LogP contribution in [0.15, 0.2) is 59.0 Å². The summed E-state index contributed by atoms with van der Waals surface area (Å²) in [5.41, 5.74) is 2.92. The van der Waals surface area contributed by atoms with Crippen molar-refractivity contribution >= 4 is 51.9 Å². The van der Waals surface area contributed by atoms with Crippen molar-refractivity contribution in [3.63, 3.8) is 0 Å². The fourth-order valence-corrected chi connectivity index (χ4v) is 4.96. The number of nitrogens with zero attached hydrogens (tertiary/aromatic N) is 2. The minimum atomic E-state index is -0.425. The van der Waals surface area contributed by atoms with Crippen molar-refractivity contribution in [2.45, 2.75) is 18.7 Å². The van der Waals surface area contributed by atoms with Crippen LogP contribution in [0, 0.1) is 0 Å². The van der Waals surface area contributed by atoms with Gasteiger partial charge in [0.05, 0.1) is 21.7 Å². The highest BCUT2D eigenvalue weighted by Crippen LogP contribution is 2.49. The number of fused-ring (bicyclic) bond motifs is 3. The van der Waals surface area contributed by atoms with Gasteiger partial charge in [0.15, 0.2) is 0 Å². The maximum Gasteiger partial charge on any atom is 0.215 e. The number of rotatable bonds is 2. The van der Waals surface area contributed by atoms with E-state index >= 15 is 0 Å². The molecule has 1 aromatic heterocycles. The van der Waals surface area contributed by atoms with Crippen LogP contribution in [0.3, 0.4) is 0 Å². The van der Waals surface area contributed by atoms with Gasteiger partial charge in [0.1, 0.15) is 5.75 Å². The maximum atomic E-state index is 6.48. The highest BCUT2D eigenvalue weighted by molar-refractivity contribution is 7.12. The summed E-state index contributed by atoms with van der Waals surface area (Å²) < 4.78 is 6.31. The number of ether oxygens (including phenoxy) is 1. The predicted octanol–water partition coefficient (Wildman–Crippen LogP) is 6.95. The molecule has 0 radical (unpaired) electrons. The summed E-state index contributed by atoms with van der Waals surface area (Å²) in [4.78, 5) is 1.16. The van der Waals surface area contributed by atoms with Gasteiger partial charge in [0, 0.05) is 27.6 Å². The highest BCUT2D eigenvalue weighted by atomic mass is 35.5. The number of hydrazone groups is 1. The lowest BCUT2D eigenvalue weighted by Gasteiger charge is -2.38. The molecule has 0 saturated heterocycles. The van der Waals surface area contributed by atoms with Crippen molar-refractivity contribution in [2.75, 3.05) is 0 Å². The summed E-state index contributed by atoms with van der Waals surface area (Å²) >= 11 is 20.5. The van der Waals surface area contributed by atoms with Crippen LogP contribution in [0.4, 0.5) is 0 Å². The van der Waals surface area contributed by atoms with Crippen LogP contribution in [0.25, 0.3) is 0 Å². The Morgan fingerprint density at radius 2 is 1.81 bits per heavy atom. The first-order valence-corrected chi connectivity index (χ1v) is 10.4. The van der Waals surface area contributed by atoms with Crippen LogP contribution < -0.4 is 4.74 Å². The molecule has 0 N–H and O–H groups in total. The molecule has 5 rings (SSSR count). The molecule has 27 heavy (non-hydrogen) atoms. The van der Waals surface area contributed by atoms with Gasteiger partial charge in [-0.2, -0.15) is 5.10 Å². The molecule has 0 saturated carbocycles. The van der Waals surface area contributed by atoms with E-state index in [-0.39, 0.29) is 6.04 Å². The lowest BCUT2D eigenvalue weighted by Crippen LogP contribution is -2.33. The van der Waals surface area contributed by atoms with E-state index in [4.69, 9.17) is 44.6 Å². The first-order chi connectivity index (χ1) is 13.1. The fraction of sp³-hybridized carbons (Fsp3) is 0.150. The molecule has 3 aromatic rings. The van der Waals surface area contributed by atoms with E-state index in [1.807, 2.05) is 41.4 Å². The largest absolute Gasteiger partial charge is 0.464 e. The summed E-state index contributed by atoms with van der Waals surface area (Å²) in [5, 5.41) is 10.8. The summed E-state index contributed by atoms with van der Waals surface area (Å²) in [6.45, 7) is 0. The standard InChI is InChI=1S/C20H13Cl3N2OS/c21-11-4-6-18-14(8-11)17-10-16(19-2-1-7-27-19)24-25(17)20(26-18)13-5-3-12(22)9-15(13)23/h1-9,17,20H,10H2. The monoisotopic (exact) mass is 434 g/mol. The third-order valence-corrected chi connectivity index (χ3v) is 6.50. The number of hydrogen-bond acceptors (Lipinski definition) is 4. The van der Waals surface area contributed by atoms with Crippen LogP contribution in [-0.2, 0) is 0 Å². The molecule has 7 heteroatoms. The fourth-order valence-electron chi connectivity index (χ4n) is 3.56. The number of benzene rings is 2. The van der Waals surface area contributed by atoms with E-state index in [1.165, 1.54) is 0 Å². The maximum absolute atomic E-state index is 6.48. The van der Waals surface area contributed by atoms with E-state index in [1.54, 1.807) is 17.4 Å². The number of hydrogen-bond donors (Lipinski definition) is 0. The van der Waals surface area contributed by atoms with E-state index < -0.39 is 6.23 Å². The zero-order valence-electron chi connectivity index (χ0n) is 13.9. The third kappa shape index (κ3) is 3.01. The second-order valence-corrected chi connectivity index (χ2v) is 8.67. The molecule has 3 nitrogen and oxygen atoms in total. The Kier molecular flexibility index (Phi) is 4.32. The van der Waals surface area contributed by atoms with Gasteiger partial charge < -0.3 is 4.74 Å². The van der Waals surface area contributed by atoms with E-state index in [9.17, 15) is 0 Å². The van der Waals surface area contributed by atoms with E-state index in [2.05, 4.69) is 11.4 Å². The Bertz CT molecular complexity index is 1050. The van der Waals surface area contributed by atoms with Gasteiger partial charge in [-0.15, -0.1) is 11.3 Å². The van der Waals surface area contributed by atoms with Gasteiger partial charge in [-0.3, -0.25) is 0 Å². The van der Waals surface area contributed by atoms with Crippen molar-refractivity contribution in [3.8, 4) is 5.75 Å². The van der Waals surface area contributed by atoms with Gasteiger partial charge in [-0.1, -0.05) is 46.9 Å². The molecule has 0 bridgehead atoms. The number of thiophene rings is 1. The smallest absolute Gasteiger partial charge is 0.215 e. The average molecular weight is 436 g/mol. The molecule has 2 aromatic carbocycles. The topological polar surface area (TPSA) is 24.8 Å². The minimum absolute atomic E-state index is 0.0429. The average Bonchev–Trinajstić information content (AvgIpc) is 3.31. The molecule has 2 aliphatic heterocycles. The summed E-state index contributed by atoms with van der Waals surface area (Å²) in [6, 6.07) is 15.3. The molecule has 0 spiro atoms. The van der Waals surface area contributed by atoms with Crippen molar-refractivity contribution in [1.82, 2.24) is 5.01 Å². The van der Waals surface area contributed by atoms with E-state index in [0.717, 1.165) is 33.9 Å². The summed E-state index contributed by atoms with van der Waals surface area (Å²) in [5.74, 6) is 0.805. The van der Waals surface area contributed by atoms with Gasteiger partial charge in [0.2, 0.25) is 6.23 Å². The normalized spacial score (nSPS) is 20.7. The van der Waals surface area contributed by atoms with Crippen molar-refractivity contribution < 1.29 is 4.74 Å². The molecular weight excluding hydrogens is 423 g/mol. The number of halogens is 3. The first-order valence-electron chi connectivity index (χ1n) is 8.41. The second-order valence-electron chi connectivity index (χ2n) is 6.44. The van der Waals surface area contributed by atoms with E-state index in [0.29, 0.717) is 15.1 Å². The van der Waals surface area contributed by atoms with Gasteiger partial charge in [-0.05, 0) is 41.8 Å². The molecule has 0 amide bonds. The van der Waals surface area contributed by atoms with Gasteiger partial charge in [-0.25, -0.2) is 5.01 Å². The van der Waals surface area contributed by atoms with Crippen LogP contribution >= 0.6 is 46.1 Å². The highest BCUT2D eigenvalue weighted by Gasteiger charge is 2.41. The molecule has 2 unspecified atom stereocenters. The van der Waals surface area contributed by atoms with Crippen LogP contribution in [-0.4, -0.2) is 10.7 Å². The molecule has 0 fully saturated rings. The van der Waals surface area contributed by atoms with Crippen LogP contribution in [0.1, 0.15) is 34.7 Å². The van der Waals surface area contributed by atoms with Gasteiger partial charge in [0.25, 0.3) is 0 Å². The van der Waals surface area contributed by atoms with Crippen LogP contribution in [0.5, 0.6) is 5.75 Å². The zero-order chi connectivity index (χ0) is 18.5. The SMILES string of the molecule is Clc1ccc(C2Oc3ccc(Cl)cc3C3CC(c4cccs4)=NN32)c(Cl)c1. The summed E-state index contributed by atoms with van der Waals surface area (Å²) in [6.07, 6.45) is 0.366. The Hall–Kier alpha value is -1.72. The third-order valence-electron chi connectivity index (χ3n) is 4.79. The van der Waals surface area contributed by atoms with Gasteiger partial charge >= 0.3 is 0 Å². The lowest BCUT2D eigenvalue weighted by molar-refractivity contribution is -0.0189. The Morgan fingerprint density at radius 1 is 1.00 bits per heavy atom.